The molecule has 1 fully saturated rings. The van der Waals surface area contributed by atoms with E-state index in [0.29, 0.717) is 25.7 Å². The van der Waals surface area contributed by atoms with Gasteiger partial charge in [0.05, 0.1) is 18.8 Å². The lowest BCUT2D eigenvalue weighted by molar-refractivity contribution is -0.153. The molecule has 6 nitrogen and oxygen atoms in total. The summed E-state index contributed by atoms with van der Waals surface area (Å²) in [6.45, 7) is 3.94. The fraction of sp³-hybridized carbons (Fsp3) is 0.696. The van der Waals surface area contributed by atoms with E-state index in [2.05, 4.69) is 11.7 Å². The van der Waals surface area contributed by atoms with E-state index < -0.39 is 17.9 Å². The van der Waals surface area contributed by atoms with Crippen LogP contribution in [0.2, 0.25) is 0 Å². The van der Waals surface area contributed by atoms with Crippen molar-refractivity contribution >= 4 is 17.5 Å². The van der Waals surface area contributed by atoms with Crippen molar-refractivity contribution < 1.29 is 29.3 Å². The Morgan fingerprint density at radius 1 is 1.21 bits per heavy atom. The predicted octanol–water partition coefficient (Wildman–Crippen LogP) is 3.30. The fourth-order valence-electron chi connectivity index (χ4n) is 3.53. The summed E-state index contributed by atoms with van der Waals surface area (Å²) < 4.78 is 4.66. The van der Waals surface area contributed by atoms with Crippen LogP contribution in [-0.4, -0.2) is 46.6 Å². The molecule has 1 unspecified atom stereocenters. The van der Waals surface area contributed by atoms with Gasteiger partial charge in [-0.15, -0.1) is 0 Å². The van der Waals surface area contributed by atoms with Crippen molar-refractivity contribution in [1.29, 1.82) is 0 Å². The van der Waals surface area contributed by atoms with E-state index >= 15 is 0 Å². The van der Waals surface area contributed by atoms with E-state index in [1.807, 2.05) is 24.3 Å². The van der Waals surface area contributed by atoms with Gasteiger partial charge in [-0.2, -0.15) is 0 Å². The second-order valence-electron chi connectivity index (χ2n) is 7.62. The van der Waals surface area contributed by atoms with Crippen molar-refractivity contribution in [3.05, 3.63) is 24.3 Å². The maximum absolute atomic E-state index is 12.2. The fourth-order valence-corrected chi connectivity index (χ4v) is 3.53. The number of hydrogen-bond acceptors (Lipinski definition) is 6. The Morgan fingerprint density at radius 2 is 1.97 bits per heavy atom. The molecule has 0 radical (unpaired) electrons. The first-order valence-corrected chi connectivity index (χ1v) is 10.8. The van der Waals surface area contributed by atoms with Crippen LogP contribution < -0.4 is 0 Å². The molecule has 6 heteroatoms. The molecule has 0 aliphatic heterocycles. The van der Waals surface area contributed by atoms with Gasteiger partial charge < -0.3 is 14.9 Å². The highest BCUT2D eigenvalue weighted by molar-refractivity contribution is 6.33. The third kappa shape index (κ3) is 9.50. The maximum atomic E-state index is 12.2. The Hall–Kier alpha value is -1.79. The number of rotatable bonds is 14. The molecule has 1 rings (SSSR count). The third-order valence-corrected chi connectivity index (χ3v) is 5.22. The molecule has 0 aromatic rings. The second kappa shape index (κ2) is 14.2. The van der Waals surface area contributed by atoms with Gasteiger partial charge in [-0.25, -0.2) is 4.79 Å². The van der Waals surface area contributed by atoms with E-state index in [9.17, 15) is 24.6 Å². The van der Waals surface area contributed by atoms with Gasteiger partial charge in [0.1, 0.15) is 5.78 Å². The predicted molar refractivity (Wildman–Crippen MR) is 111 cm³/mol. The lowest BCUT2D eigenvalue weighted by Gasteiger charge is -2.16. The molecule has 0 heterocycles. The Kier molecular flexibility index (Phi) is 12.4. The van der Waals surface area contributed by atoms with E-state index in [0.717, 1.165) is 19.3 Å². The number of allylic oxidation sites excluding steroid dienone is 2. The zero-order valence-electron chi connectivity index (χ0n) is 17.7. The minimum atomic E-state index is -0.781. The molecule has 2 N–H and O–H groups in total. The van der Waals surface area contributed by atoms with Gasteiger partial charge in [0.25, 0.3) is 0 Å². The van der Waals surface area contributed by atoms with Crippen molar-refractivity contribution in [2.75, 3.05) is 6.61 Å². The highest BCUT2D eigenvalue weighted by Crippen LogP contribution is 2.33. The van der Waals surface area contributed by atoms with Crippen molar-refractivity contribution in [1.82, 2.24) is 0 Å². The van der Waals surface area contributed by atoms with Gasteiger partial charge in [0, 0.05) is 24.7 Å². The SMILES string of the molecule is CCCCC(O)CC=C[C@H]1[C@H](O)CC(=O)[C@@H]1CC=CCCCC(=O)C(=O)OCC. The molecule has 164 valence electrons. The molecular weight excluding hydrogens is 372 g/mol. The summed E-state index contributed by atoms with van der Waals surface area (Å²) >= 11 is 0. The van der Waals surface area contributed by atoms with Crippen LogP contribution in [0.25, 0.3) is 0 Å². The van der Waals surface area contributed by atoms with E-state index in [-0.39, 0.29) is 43.2 Å². The second-order valence-corrected chi connectivity index (χ2v) is 7.62. The lowest BCUT2D eigenvalue weighted by atomic mass is 9.90. The number of aliphatic hydroxyl groups excluding tert-OH is 2. The quantitative estimate of drug-likeness (QED) is 0.198. The summed E-state index contributed by atoms with van der Waals surface area (Å²) in [5.41, 5.74) is 0. The van der Waals surface area contributed by atoms with Gasteiger partial charge >= 0.3 is 5.97 Å². The summed E-state index contributed by atoms with van der Waals surface area (Å²) in [4.78, 5) is 35.0. The Bertz CT molecular complexity index is 580. The first kappa shape index (κ1) is 25.2. The largest absolute Gasteiger partial charge is 0.460 e. The van der Waals surface area contributed by atoms with Crippen LogP contribution in [-0.2, 0) is 19.1 Å². The molecule has 4 atom stereocenters. The number of unbranched alkanes of at least 4 members (excludes halogenated alkanes) is 2. The number of ketones is 2. The van der Waals surface area contributed by atoms with Gasteiger partial charge in [-0.05, 0) is 39.0 Å². The Morgan fingerprint density at radius 3 is 2.66 bits per heavy atom. The van der Waals surface area contributed by atoms with Gasteiger partial charge in [0.2, 0.25) is 5.78 Å². The van der Waals surface area contributed by atoms with Gasteiger partial charge in [0.15, 0.2) is 0 Å². The van der Waals surface area contributed by atoms with Crippen LogP contribution in [0.3, 0.4) is 0 Å². The lowest BCUT2D eigenvalue weighted by Crippen LogP contribution is -2.18. The molecule has 0 saturated heterocycles. The minimum Gasteiger partial charge on any atom is -0.460 e. The Labute approximate surface area is 174 Å². The summed E-state index contributed by atoms with van der Waals surface area (Å²) in [5, 5.41) is 20.1. The van der Waals surface area contributed by atoms with Crippen molar-refractivity contribution in [2.45, 2.75) is 83.8 Å². The first-order valence-electron chi connectivity index (χ1n) is 10.8. The monoisotopic (exact) mass is 408 g/mol. The Balaban J connectivity index is 2.41. The summed E-state index contributed by atoms with van der Waals surface area (Å²) in [6, 6.07) is 0. The van der Waals surface area contributed by atoms with E-state index in [1.54, 1.807) is 6.92 Å². The maximum Gasteiger partial charge on any atom is 0.374 e. The van der Waals surface area contributed by atoms with Crippen LogP contribution in [0, 0.1) is 11.8 Å². The highest BCUT2D eigenvalue weighted by atomic mass is 16.5. The topological polar surface area (TPSA) is 101 Å². The van der Waals surface area contributed by atoms with Crippen molar-refractivity contribution in [3.63, 3.8) is 0 Å². The molecule has 0 amide bonds. The first-order chi connectivity index (χ1) is 13.9. The molecule has 1 saturated carbocycles. The summed E-state index contributed by atoms with van der Waals surface area (Å²) in [5.74, 6) is -1.72. The average Bonchev–Trinajstić information content (AvgIpc) is 2.95. The molecule has 0 spiro atoms. The number of aliphatic hydroxyl groups is 2. The highest BCUT2D eigenvalue weighted by Gasteiger charge is 2.39. The normalized spacial score (nSPS) is 23.2. The average molecular weight is 409 g/mol. The molecular formula is C23H36O6. The zero-order valence-corrected chi connectivity index (χ0v) is 17.7. The number of carbonyl (C=O) groups excluding carboxylic acids is 3. The zero-order chi connectivity index (χ0) is 21.6. The van der Waals surface area contributed by atoms with Gasteiger partial charge in [-0.3, -0.25) is 9.59 Å². The summed E-state index contributed by atoms with van der Waals surface area (Å²) in [6.07, 6.45) is 11.9. The summed E-state index contributed by atoms with van der Waals surface area (Å²) in [7, 11) is 0. The molecule has 1 aliphatic carbocycles. The van der Waals surface area contributed by atoms with Crippen LogP contribution >= 0.6 is 0 Å². The van der Waals surface area contributed by atoms with Crippen LogP contribution in [0.5, 0.6) is 0 Å². The minimum absolute atomic E-state index is 0.0563. The number of Topliss-reactive ketones (excluding diaryl/α,β-unsaturated/α-hetero) is 2. The van der Waals surface area contributed by atoms with Crippen molar-refractivity contribution in [3.8, 4) is 0 Å². The number of carbonyl (C=O) groups is 3. The van der Waals surface area contributed by atoms with Crippen LogP contribution in [0.1, 0.15) is 71.6 Å². The molecule has 1 aliphatic rings. The van der Waals surface area contributed by atoms with Crippen LogP contribution in [0.4, 0.5) is 0 Å². The third-order valence-electron chi connectivity index (χ3n) is 5.22. The smallest absolute Gasteiger partial charge is 0.374 e. The number of esters is 1. The molecule has 0 aromatic heterocycles. The van der Waals surface area contributed by atoms with E-state index in [4.69, 9.17) is 0 Å². The van der Waals surface area contributed by atoms with Crippen molar-refractivity contribution in [2.24, 2.45) is 11.8 Å². The standard InChI is InChI=1S/C23H36O6/c1-3-5-11-17(24)12-10-14-19-18(21(26)16-22(19)27)13-8-6-7-9-15-20(25)23(28)29-4-2/h6,8,10,14,17-19,22,24,27H,3-5,7,9,11-13,15-16H2,1-2H3/t17?,18-,19-,22-/m1/s1. The molecule has 29 heavy (non-hydrogen) atoms. The van der Waals surface area contributed by atoms with Crippen LogP contribution in [0.15, 0.2) is 24.3 Å². The number of hydrogen-bond donors (Lipinski definition) is 2. The molecule has 0 bridgehead atoms. The van der Waals surface area contributed by atoms with Gasteiger partial charge in [-0.1, -0.05) is 44.1 Å². The molecule has 0 aromatic carbocycles. The number of ether oxygens (including phenoxy) is 1. The van der Waals surface area contributed by atoms with E-state index in [1.165, 1.54) is 0 Å².